The highest BCUT2D eigenvalue weighted by Crippen LogP contribution is 2.13. The Morgan fingerprint density at radius 1 is 0.800 bits per heavy atom. The SMILES string of the molecule is CCCCCCCCCCCCCCNC(=O)N(C)[C@H](CC)C(=O)C[C@H](C)C(=O)NCC(=O)OC. The molecule has 0 aliphatic carbocycles. The third-order valence-corrected chi connectivity index (χ3v) is 6.44. The summed E-state index contributed by atoms with van der Waals surface area (Å²) in [6.07, 6.45) is 15.7. The number of Topliss-reactive ketones (excluding diaryl/α,β-unsaturated/α-hetero) is 1. The number of amides is 3. The Hall–Kier alpha value is -2.12. The van der Waals surface area contributed by atoms with Crippen LogP contribution in [0.25, 0.3) is 0 Å². The third-order valence-electron chi connectivity index (χ3n) is 6.44. The monoisotopic (exact) mass is 497 g/mol. The van der Waals surface area contributed by atoms with E-state index in [0.717, 1.165) is 12.8 Å². The second-order valence-electron chi connectivity index (χ2n) is 9.52. The van der Waals surface area contributed by atoms with E-state index in [1.807, 2.05) is 6.92 Å². The molecule has 0 aliphatic heterocycles. The van der Waals surface area contributed by atoms with Crippen LogP contribution in [0.1, 0.15) is 111 Å². The number of unbranched alkanes of at least 4 members (excludes halogenated alkanes) is 11. The van der Waals surface area contributed by atoms with Gasteiger partial charge in [-0.05, 0) is 12.8 Å². The van der Waals surface area contributed by atoms with Gasteiger partial charge in [0.25, 0.3) is 0 Å². The molecule has 204 valence electrons. The van der Waals surface area contributed by atoms with Crippen LogP contribution in [0.5, 0.6) is 0 Å². The number of ether oxygens (including phenoxy) is 1. The quantitative estimate of drug-likeness (QED) is 0.172. The molecule has 35 heavy (non-hydrogen) atoms. The van der Waals surface area contributed by atoms with Gasteiger partial charge in [0.2, 0.25) is 5.91 Å². The van der Waals surface area contributed by atoms with Crippen LogP contribution < -0.4 is 10.6 Å². The van der Waals surface area contributed by atoms with E-state index < -0.39 is 23.8 Å². The van der Waals surface area contributed by atoms with Crippen LogP contribution in [0.15, 0.2) is 0 Å². The van der Waals surface area contributed by atoms with Crippen molar-refractivity contribution in [2.45, 2.75) is 117 Å². The number of nitrogens with zero attached hydrogens (tertiary/aromatic N) is 1. The number of hydrogen-bond acceptors (Lipinski definition) is 5. The van der Waals surface area contributed by atoms with Crippen LogP contribution in [-0.4, -0.2) is 61.9 Å². The van der Waals surface area contributed by atoms with Gasteiger partial charge in [-0.25, -0.2) is 4.79 Å². The second kappa shape index (κ2) is 21.2. The first-order valence-electron chi connectivity index (χ1n) is 13.7. The third kappa shape index (κ3) is 16.2. The normalized spacial score (nSPS) is 12.5. The number of likely N-dealkylation sites (N-methyl/N-ethyl adjacent to an activating group) is 1. The number of ketones is 1. The maximum absolute atomic E-state index is 12.7. The van der Waals surface area contributed by atoms with Crippen molar-refractivity contribution in [2.75, 3.05) is 27.2 Å². The molecule has 2 atom stereocenters. The molecule has 0 fully saturated rings. The fourth-order valence-electron chi connectivity index (χ4n) is 4.08. The number of urea groups is 1. The number of methoxy groups -OCH3 is 1. The van der Waals surface area contributed by atoms with Crippen molar-refractivity contribution in [1.82, 2.24) is 15.5 Å². The lowest BCUT2D eigenvalue weighted by atomic mass is 9.97. The van der Waals surface area contributed by atoms with Crippen molar-refractivity contribution < 1.29 is 23.9 Å². The topological polar surface area (TPSA) is 105 Å². The zero-order valence-electron chi connectivity index (χ0n) is 23.0. The number of nitrogens with one attached hydrogen (secondary N) is 2. The molecule has 8 heteroatoms. The van der Waals surface area contributed by atoms with Crippen molar-refractivity contribution in [3.8, 4) is 0 Å². The van der Waals surface area contributed by atoms with Gasteiger partial charge in [-0.2, -0.15) is 0 Å². The molecular weight excluding hydrogens is 446 g/mol. The molecule has 0 radical (unpaired) electrons. The minimum atomic E-state index is -0.598. The molecule has 0 heterocycles. The van der Waals surface area contributed by atoms with Gasteiger partial charge >= 0.3 is 12.0 Å². The van der Waals surface area contributed by atoms with Gasteiger partial charge in [0.15, 0.2) is 5.78 Å². The van der Waals surface area contributed by atoms with Crippen molar-refractivity contribution in [1.29, 1.82) is 0 Å². The van der Waals surface area contributed by atoms with Gasteiger partial charge in [-0.1, -0.05) is 91.4 Å². The smallest absolute Gasteiger partial charge is 0.325 e. The summed E-state index contributed by atoms with van der Waals surface area (Å²) in [7, 11) is 2.86. The Labute approximate surface area is 213 Å². The maximum Gasteiger partial charge on any atom is 0.325 e. The van der Waals surface area contributed by atoms with Gasteiger partial charge in [0, 0.05) is 25.9 Å². The summed E-state index contributed by atoms with van der Waals surface area (Å²) >= 11 is 0. The molecular formula is C27H51N3O5. The van der Waals surface area contributed by atoms with Crippen molar-refractivity contribution in [2.24, 2.45) is 5.92 Å². The maximum atomic E-state index is 12.7. The van der Waals surface area contributed by atoms with Crippen LogP contribution >= 0.6 is 0 Å². The van der Waals surface area contributed by atoms with E-state index in [0.29, 0.717) is 13.0 Å². The highest BCUT2D eigenvalue weighted by molar-refractivity contribution is 5.92. The number of carbonyl (C=O) groups excluding carboxylic acids is 4. The fourth-order valence-corrected chi connectivity index (χ4v) is 4.08. The van der Waals surface area contributed by atoms with E-state index in [4.69, 9.17) is 0 Å². The van der Waals surface area contributed by atoms with E-state index in [1.165, 1.54) is 76.2 Å². The predicted molar refractivity (Wildman–Crippen MR) is 140 cm³/mol. The van der Waals surface area contributed by atoms with Crippen LogP contribution in [0.2, 0.25) is 0 Å². The molecule has 0 saturated carbocycles. The number of esters is 1. The zero-order valence-corrected chi connectivity index (χ0v) is 23.0. The van der Waals surface area contributed by atoms with Crippen LogP contribution in [0.4, 0.5) is 4.79 Å². The molecule has 0 aromatic carbocycles. The van der Waals surface area contributed by atoms with Crippen LogP contribution in [0.3, 0.4) is 0 Å². The van der Waals surface area contributed by atoms with Crippen molar-refractivity contribution in [3.05, 3.63) is 0 Å². The first kappa shape index (κ1) is 32.9. The number of hydrogen-bond donors (Lipinski definition) is 2. The Balaban J connectivity index is 4.07. The standard InChI is InChI=1S/C27H51N3O5/c1-6-8-9-10-11-12-13-14-15-16-17-18-19-28-27(34)30(4)23(7-2)24(31)20-22(3)26(33)29-21-25(32)35-5/h22-23H,6-21H2,1-5H3,(H,28,34)(H,29,33)/t22-,23+/m0/s1. The van der Waals surface area contributed by atoms with Crippen LogP contribution in [-0.2, 0) is 19.1 Å². The van der Waals surface area contributed by atoms with Gasteiger partial charge in [0.1, 0.15) is 6.54 Å². The first-order chi connectivity index (χ1) is 16.8. The molecule has 0 aliphatic rings. The molecule has 0 spiro atoms. The van der Waals surface area contributed by atoms with Gasteiger partial charge in [0.05, 0.1) is 13.2 Å². The summed E-state index contributed by atoms with van der Waals surface area (Å²) in [6, 6.07) is -0.858. The summed E-state index contributed by atoms with van der Waals surface area (Å²) in [5, 5.41) is 5.36. The lowest BCUT2D eigenvalue weighted by molar-refractivity contribution is -0.141. The Morgan fingerprint density at radius 2 is 1.31 bits per heavy atom. The minimum Gasteiger partial charge on any atom is -0.468 e. The highest BCUT2D eigenvalue weighted by atomic mass is 16.5. The average molecular weight is 498 g/mol. The van der Waals surface area contributed by atoms with E-state index in [9.17, 15) is 19.2 Å². The fraction of sp³-hybridized carbons (Fsp3) is 0.852. The van der Waals surface area contributed by atoms with E-state index in [1.54, 1.807) is 14.0 Å². The molecule has 8 nitrogen and oxygen atoms in total. The lowest BCUT2D eigenvalue weighted by Crippen LogP contribution is -2.48. The molecule has 3 amide bonds. The summed E-state index contributed by atoms with van der Waals surface area (Å²) in [5.41, 5.74) is 0. The predicted octanol–water partition coefficient (Wildman–Crippen LogP) is 4.99. The minimum absolute atomic E-state index is 0.00186. The van der Waals surface area contributed by atoms with Gasteiger partial charge in [-0.3, -0.25) is 14.4 Å². The summed E-state index contributed by atoms with van der Waals surface area (Å²) in [5.74, 6) is -1.71. The molecule has 0 aromatic heterocycles. The summed E-state index contributed by atoms with van der Waals surface area (Å²) in [6.45, 7) is 6.09. The summed E-state index contributed by atoms with van der Waals surface area (Å²) < 4.78 is 4.49. The average Bonchev–Trinajstić information content (AvgIpc) is 2.85. The number of rotatable bonds is 21. The Morgan fingerprint density at radius 3 is 1.80 bits per heavy atom. The second-order valence-corrected chi connectivity index (χ2v) is 9.52. The molecule has 0 rings (SSSR count). The molecule has 0 saturated heterocycles. The summed E-state index contributed by atoms with van der Waals surface area (Å²) in [4.78, 5) is 49.9. The van der Waals surface area contributed by atoms with E-state index in [-0.39, 0.29) is 24.8 Å². The van der Waals surface area contributed by atoms with Gasteiger partial charge < -0.3 is 20.3 Å². The highest BCUT2D eigenvalue weighted by Gasteiger charge is 2.28. The number of carbonyl (C=O) groups is 4. The van der Waals surface area contributed by atoms with Crippen molar-refractivity contribution >= 4 is 23.7 Å². The molecule has 2 N–H and O–H groups in total. The molecule has 0 bridgehead atoms. The largest absolute Gasteiger partial charge is 0.468 e. The van der Waals surface area contributed by atoms with Gasteiger partial charge in [-0.15, -0.1) is 0 Å². The van der Waals surface area contributed by atoms with Crippen molar-refractivity contribution in [3.63, 3.8) is 0 Å². The van der Waals surface area contributed by atoms with Crippen LogP contribution in [0, 0.1) is 5.92 Å². The molecule has 0 unspecified atom stereocenters. The first-order valence-corrected chi connectivity index (χ1v) is 13.7. The van der Waals surface area contributed by atoms with E-state index >= 15 is 0 Å². The zero-order chi connectivity index (χ0) is 26.5. The van der Waals surface area contributed by atoms with E-state index in [2.05, 4.69) is 22.3 Å². The molecule has 0 aromatic rings. The Bertz CT molecular complexity index is 612. The lowest BCUT2D eigenvalue weighted by Gasteiger charge is -2.27. The Kier molecular flexibility index (Phi) is 19.9.